The molecule has 0 aliphatic carbocycles. The van der Waals surface area contributed by atoms with Crippen LogP contribution < -0.4 is 10.6 Å². The molecule has 1 unspecified atom stereocenters. The van der Waals surface area contributed by atoms with E-state index in [1.807, 2.05) is 32.0 Å². The Labute approximate surface area is 147 Å². The van der Waals surface area contributed by atoms with Gasteiger partial charge in [0.15, 0.2) is 9.84 Å². The molecule has 6 nitrogen and oxygen atoms in total. The second-order valence-corrected chi connectivity index (χ2v) is 8.68. The number of hydrogen-bond acceptors (Lipinski definition) is 5. The van der Waals surface area contributed by atoms with E-state index in [1.165, 1.54) is 0 Å². The Morgan fingerprint density at radius 3 is 2.60 bits per heavy atom. The first-order valence-corrected chi connectivity index (χ1v) is 9.96. The number of aryl methyl sites for hydroxylation is 2. The number of pyridine rings is 1. The lowest BCUT2D eigenvalue weighted by Crippen LogP contribution is -2.21. The summed E-state index contributed by atoms with van der Waals surface area (Å²) in [6, 6.07) is 9.10. The van der Waals surface area contributed by atoms with Gasteiger partial charge < -0.3 is 10.6 Å². The highest BCUT2D eigenvalue weighted by molar-refractivity contribution is 7.91. The van der Waals surface area contributed by atoms with Crippen molar-refractivity contribution < 1.29 is 13.2 Å². The second-order valence-electron chi connectivity index (χ2n) is 6.45. The first-order valence-electron chi connectivity index (χ1n) is 8.14. The van der Waals surface area contributed by atoms with Crippen molar-refractivity contribution in [3.63, 3.8) is 0 Å². The maximum atomic E-state index is 12.3. The summed E-state index contributed by atoms with van der Waals surface area (Å²) in [6.07, 6.45) is 2.15. The number of benzene rings is 1. The van der Waals surface area contributed by atoms with E-state index in [4.69, 9.17) is 0 Å². The number of nitrogens with one attached hydrogen (secondary N) is 2. The molecule has 2 heterocycles. The van der Waals surface area contributed by atoms with Gasteiger partial charge in [0.25, 0.3) is 5.91 Å². The van der Waals surface area contributed by atoms with Crippen LogP contribution in [0.2, 0.25) is 0 Å². The molecule has 1 fully saturated rings. The fraction of sp³-hybridized carbons (Fsp3) is 0.333. The monoisotopic (exact) mass is 359 g/mol. The van der Waals surface area contributed by atoms with E-state index in [9.17, 15) is 13.2 Å². The summed E-state index contributed by atoms with van der Waals surface area (Å²) >= 11 is 0. The molecule has 1 atom stereocenters. The normalized spacial score (nSPS) is 18.7. The third kappa shape index (κ3) is 4.36. The van der Waals surface area contributed by atoms with Crippen LogP contribution in [-0.2, 0) is 9.84 Å². The first kappa shape index (κ1) is 17.4. The minimum absolute atomic E-state index is 0.0957. The number of rotatable bonds is 4. The van der Waals surface area contributed by atoms with Crippen LogP contribution in [0.4, 0.5) is 11.4 Å². The van der Waals surface area contributed by atoms with Crippen molar-refractivity contribution in [2.75, 3.05) is 22.1 Å². The van der Waals surface area contributed by atoms with Crippen molar-refractivity contribution in [1.82, 2.24) is 4.98 Å². The van der Waals surface area contributed by atoms with Crippen LogP contribution >= 0.6 is 0 Å². The number of hydrogen-bond donors (Lipinski definition) is 2. The lowest BCUT2D eigenvalue weighted by Gasteiger charge is -2.12. The standard InChI is InChI=1S/C18H21N3O3S/c1-12-3-5-16(13(2)9-12)21-18(22)17-6-4-14(10-19-17)20-15-7-8-25(23,24)11-15/h3-6,9-10,15,20H,7-8,11H2,1-2H3,(H,21,22). The van der Waals surface area contributed by atoms with Gasteiger partial charge in [0.2, 0.25) is 0 Å². The van der Waals surface area contributed by atoms with Crippen molar-refractivity contribution in [2.24, 2.45) is 0 Å². The molecule has 1 aromatic carbocycles. The van der Waals surface area contributed by atoms with Gasteiger partial charge in [-0.25, -0.2) is 13.4 Å². The van der Waals surface area contributed by atoms with Crippen molar-refractivity contribution >= 4 is 27.1 Å². The molecule has 0 saturated carbocycles. The molecule has 0 spiro atoms. The number of anilines is 2. The van der Waals surface area contributed by atoms with Gasteiger partial charge >= 0.3 is 0 Å². The summed E-state index contributed by atoms with van der Waals surface area (Å²) in [5.74, 6) is 0.0816. The van der Waals surface area contributed by atoms with Crippen LogP contribution in [0.5, 0.6) is 0 Å². The average Bonchev–Trinajstić information content (AvgIpc) is 2.89. The van der Waals surface area contributed by atoms with Gasteiger partial charge in [-0.1, -0.05) is 17.7 Å². The number of carbonyl (C=O) groups excluding carboxylic acids is 1. The molecule has 2 aromatic rings. The van der Waals surface area contributed by atoms with Crippen LogP contribution in [-0.4, -0.2) is 36.9 Å². The van der Waals surface area contributed by atoms with Crippen molar-refractivity contribution in [3.05, 3.63) is 53.3 Å². The minimum Gasteiger partial charge on any atom is -0.380 e. The molecule has 132 valence electrons. The van der Waals surface area contributed by atoms with Crippen LogP contribution in [0.1, 0.15) is 28.0 Å². The zero-order valence-corrected chi connectivity index (χ0v) is 15.1. The van der Waals surface area contributed by atoms with Crippen LogP contribution in [0.25, 0.3) is 0 Å². The molecular weight excluding hydrogens is 338 g/mol. The molecule has 25 heavy (non-hydrogen) atoms. The fourth-order valence-corrected chi connectivity index (χ4v) is 4.57. The van der Waals surface area contributed by atoms with Gasteiger partial charge in [-0.15, -0.1) is 0 Å². The van der Waals surface area contributed by atoms with E-state index in [1.54, 1.807) is 18.3 Å². The lowest BCUT2D eigenvalue weighted by molar-refractivity contribution is 0.102. The summed E-state index contributed by atoms with van der Waals surface area (Å²) in [5, 5.41) is 6.01. The highest BCUT2D eigenvalue weighted by Gasteiger charge is 2.27. The Morgan fingerprint density at radius 2 is 2.00 bits per heavy atom. The number of amides is 1. The predicted octanol–water partition coefficient (Wildman–Crippen LogP) is 2.55. The zero-order valence-electron chi connectivity index (χ0n) is 14.2. The average molecular weight is 359 g/mol. The summed E-state index contributed by atoms with van der Waals surface area (Å²) in [4.78, 5) is 16.5. The molecule has 3 rings (SSSR count). The van der Waals surface area contributed by atoms with Gasteiger partial charge in [0.1, 0.15) is 5.69 Å². The van der Waals surface area contributed by atoms with Gasteiger partial charge in [-0.05, 0) is 44.0 Å². The van der Waals surface area contributed by atoms with Crippen LogP contribution in [0.15, 0.2) is 36.5 Å². The molecule has 2 N–H and O–H groups in total. The Hall–Kier alpha value is -2.41. The summed E-state index contributed by atoms with van der Waals surface area (Å²) in [6.45, 7) is 3.94. The van der Waals surface area contributed by atoms with Crippen LogP contribution in [0.3, 0.4) is 0 Å². The Kier molecular flexibility index (Phi) is 4.76. The predicted molar refractivity (Wildman–Crippen MR) is 98.8 cm³/mol. The summed E-state index contributed by atoms with van der Waals surface area (Å²) < 4.78 is 23.0. The van der Waals surface area contributed by atoms with E-state index in [0.717, 1.165) is 16.8 Å². The van der Waals surface area contributed by atoms with Crippen LogP contribution in [0, 0.1) is 13.8 Å². The highest BCUT2D eigenvalue weighted by Crippen LogP contribution is 2.19. The molecule has 1 amide bonds. The Morgan fingerprint density at radius 1 is 1.20 bits per heavy atom. The van der Waals surface area contributed by atoms with E-state index < -0.39 is 9.84 Å². The van der Waals surface area contributed by atoms with Crippen molar-refractivity contribution in [2.45, 2.75) is 26.3 Å². The fourth-order valence-electron chi connectivity index (χ4n) is 2.90. The topological polar surface area (TPSA) is 88.2 Å². The van der Waals surface area contributed by atoms with E-state index in [2.05, 4.69) is 15.6 Å². The first-order chi connectivity index (χ1) is 11.8. The third-order valence-electron chi connectivity index (χ3n) is 4.23. The highest BCUT2D eigenvalue weighted by atomic mass is 32.2. The van der Waals surface area contributed by atoms with E-state index >= 15 is 0 Å². The zero-order chi connectivity index (χ0) is 18.0. The van der Waals surface area contributed by atoms with E-state index in [-0.39, 0.29) is 23.5 Å². The molecule has 1 aliphatic rings. The SMILES string of the molecule is Cc1ccc(NC(=O)c2ccc(NC3CCS(=O)(=O)C3)cn2)c(C)c1. The Balaban J connectivity index is 1.64. The van der Waals surface area contributed by atoms with E-state index in [0.29, 0.717) is 17.8 Å². The summed E-state index contributed by atoms with van der Waals surface area (Å²) in [7, 11) is -2.93. The van der Waals surface area contributed by atoms with Gasteiger partial charge in [-0.2, -0.15) is 0 Å². The smallest absolute Gasteiger partial charge is 0.274 e. The largest absolute Gasteiger partial charge is 0.380 e. The summed E-state index contributed by atoms with van der Waals surface area (Å²) in [5.41, 5.74) is 3.91. The van der Waals surface area contributed by atoms with Gasteiger partial charge in [-0.3, -0.25) is 4.79 Å². The lowest BCUT2D eigenvalue weighted by atomic mass is 10.1. The quantitative estimate of drug-likeness (QED) is 0.876. The molecule has 0 radical (unpaired) electrons. The van der Waals surface area contributed by atoms with Gasteiger partial charge in [0.05, 0.1) is 23.4 Å². The maximum Gasteiger partial charge on any atom is 0.274 e. The Bertz CT molecular complexity index is 892. The number of aromatic nitrogens is 1. The molecular formula is C18H21N3O3S. The van der Waals surface area contributed by atoms with Gasteiger partial charge in [0, 0.05) is 11.7 Å². The van der Waals surface area contributed by atoms with Crippen molar-refractivity contribution in [3.8, 4) is 0 Å². The molecule has 1 aliphatic heterocycles. The molecule has 1 aromatic heterocycles. The molecule has 1 saturated heterocycles. The minimum atomic E-state index is -2.93. The number of sulfone groups is 1. The maximum absolute atomic E-state index is 12.3. The third-order valence-corrected chi connectivity index (χ3v) is 6.00. The second kappa shape index (κ2) is 6.84. The molecule has 7 heteroatoms. The molecule has 0 bridgehead atoms. The number of carbonyl (C=O) groups is 1. The number of nitrogens with zero attached hydrogens (tertiary/aromatic N) is 1. The van der Waals surface area contributed by atoms with Crippen molar-refractivity contribution in [1.29, 1.82) is 0 Å².